The molecule has 6 heteroatoms. The maximum absolute atomic E-state index is 12.4. The average molecular weight is 342 g/mol. The van der Waals surface area contributed by atoms with E-state index < -0.39 is 6.10 Å². The Morgan fingerprint density at radius 1 is 1.32 bits per heavy atom. The summed E-state index contributed by atoms with van der Waals surface area (Å²) in [5.41, 5.74) is 2.11. The van der Waals surface area contributed by atoms with Crippen molar-refractivity contribution in [2.45, 2.75) is 39.1 Å². The first-order valence-corrected chi connectivity index (χ1v) is 8.81. The highest BCUT2D eigenvalue weighted by Crippen LogP contribution is 2.11. The van der Waals surface area contributed by atoms with Crippen LogP contribution in [0.15, 0.2) is 42.6 Å². The number of ether oxygens (including phenoxy) is 1. The Morgan fingerprint density at radius 2 is 2.12 bits per heavy atom. The number of carbonyl (C=O) groups is 1. The molecule has 0 radical (unpaired) electrons. The number of amides is 1. The molecule has 1 N–H and O–H groups in total. The van der Waals surface area contributed by atoms with E-state index in [1.807, 2.05) is 35.1 Å². The Balaban J connectivity index is 1.49. The molecule has 134 valence electrons. The van der Waals surface area contributed by atoms with Crippen LogP contribution in [0.4, 0.5) is 0 Å². The molecular weight excluding hydrogens is 316 g/mol. The zero-order valence-electron chi connectivity index (χ0n) is 14.9. The minimum Gasteiger partial charge on any atom is -0.366 e. The van der Waals surface area contributed by atoms with Crippen molar-refractivity contribution in [3.63, 3.8) is 0 Å². The van der Waals surface area contributed by atoms with Gasteiger partial charge >= 0.3 is 0 Å². The number of benzene rings is 1. The van der Waals surface area contributed by atoms with Gasteiger partial charge in [-0.1, -0.05) is 30.3 Å². The maximum atomic E-state index is 12.4. The highest BCUT2D eigenvalue weighted by Gasteiger charge is 2.26. The Kier molecular flexibility index (Phi) is 5.83. The van der Waals surface area contributed by atoms with Crippen LogP contribution < -0.4 is 5.32 Å². The van der Waals surface area contributed by atoms with Gasteiger partial charge in [0.15, 0.2) is 0 Å². The molecule has 25 heavy (non-hydrogen) atoms. The van der Waals surface area contributed by atoms with E-state index in [0.717, 1.165) is 18.8 Å². The van der Waals surface area contributed by atoms with Crippen molar-refractivity contribution in [1.82, 2.24) is 20.0 Å². The second-order valence-corrected chi connectivity index (χ2v) is 6.68. The molecule has 0 spiro atoms. The van der Waals surface area contributed by atoms with E-state index in [1.54, 1.807) is 0 Å². The van der Waals surface area contributed by atoms with Gasteiger partial charge in [-0.15, -0.1) is 0 Å². The van der Waals surface area contributed by atoms with Crippen molar-refractivity contribution in [1.29, 1.82) is 0 Å². The average Bonchev–Trinajstić information content (AvgIpc) is 3.10. The van der Waals surface area contributed by atoms with Gasteiger partial charge in [0.2, 0.25) is 0 Å². The Bertz CT molecular complexity index is 684. The summed E-state index contributed by atoms with van der Waals surface area (Å²) in [6.45, 7) is 7.45. The molecule has 6 nitrogen and oxygen atoms in total. The van der Waals surface area contributed by atoms with Gasteiger partial charge in [0.05, 0.1) is 18.8 Å². The van der Waals surface area contributed by atoms with Gasteiger partial charge in [0.25, 0.3) is 5.91 Å². The molecule has 0 saturated carbocycles. The molecule has 1 saturated heterocycles. The van der Waals surface area contributed by atoms with E-state index in [-0.39, 0.29) is 5.91 Å². The minimum absolute atomic E-state index is 0.0724. The number of hydrogen-bond donors (Lipinski definition) is 1. The van der Waals surface area contributed by atoms with Crippen LogP contribution in [0, 0.1) is 0 Å². The first-order valence-electron chi connectivity index (χ1n) is 8.81. The molecule has 3 rings (SSSR count). The topological polar surface area (TPSA) is 59.4 Å². The maximum Gasteiger partial charge on any atom is 0.250 e. The highest BCUT2D eigenvalue weighted by atomic mass is 16.5. The van der Waals surface area contributed by atoms with Crippen LogP contribution >= 0.6 is 0 Å². The van der Waals surface area contributed by atoms with Crippen LogP contribution in [0.2, 0.25) is 0 Å². The fraction of sp³-hybridized carbons (Fsp3) is 0.474. The van der Waals surface area contributed by atoms with Gasteiger partial charge in [0, 0.05) is 31.9 Å². The van der Waals surface area contributed by atoms with Crippen molar-refractivity contribution in [3.8, 4) is 0 Å². The summed E-state index contributed by atoms with van der Waals surface area (Å²) < 4.78 is 7.55. The smallest absolute Gasteiger partial charge is 0.250 e. The summed E-state index contributed by atoms with van der Waals surface area (Å²) in [7, 11) is 0. The Labute approximate surface area is 148 Å². The quantitative estimate of drug-likeness (QED) is 0.872. The third-order valence-electron chi connectivity index (χ3n) is 4.33. The second-order valence-electron chi connectivity index (χ2n) is 6.68. The summed E-state index contributed by atoms with van der Waals surface area (Å²) in [5.74, 6) is -0.0724. The number of carbonyl (C=O) groups excluding carboxylic acids is 1. The fourth-order valence-electron chi connectivity index (χ4n) is 2.90. The summed E-state index contributed by atoms with van der Waals surface area (Å²) in [6.07, 6.45) is 1.51. The Morgan fingerprint density at radius 3 is 2.84 bits per heavy atom. The lowest BCUT2D eigenvalue weighted by Gasteiger charge is -2.32. The zero-order valence-corrected chi connectivity index (χ0v) is 14.9. The molecular formula is C19H26N4O2. The standard InChI is InChI=1S/C19H26N4O2/c1-15(2)23-9-8-17(21-23)12-20-19(24)18-14-22(10-11-25-18)13-16-6-4-3-5-7-16/h3-9,15,18H,10-14H2,1-2H3,(H,20,24)/t18-/m0/s1. The van der Waals surface area contributed by atoms with E-state index in [9.17, 15) is 4.79 Å². The van der Waals surface area contributed by atoms with Crippen molar-refractivity contribution in [2.75, 3.05) is 19.7 Å². The third-order valence-corrected chi connectivity index (χ3v) is 4.33. The van der Waals surface area contributed by atoms with Gasteiger partial charge < -0.3 is 10.1 Å². The lowest BCUT2D eigenvalue weighted by molar-refractivity contribution is -0.139. The number of aromatic nitrogens is 2. The fourth-order valence-corrected chi connectivity index (χ4v) is 2.90. The van der Waals surface area contributed by atoms with Gasteiger partial charge in [0.1, 0.15) is 6.10 Å². The van der Waals surface area contributed by atoms with E-state index >= 15 is 0 Å². The summed E-state index contributed by atoms with van der Waals surface area (Å²) in [5, 5.41) is 7.39. The lowest BCUT2D eigenvalue weighted by atomic mass is 10.2. The third kappa shape index (κ3) is 4.90. The molecule has 1 aromatic heterocycles. The van der Waals surface area contributed by atoms with Crippen LogP contribution in [-0.4, -0.2) is 46.4 Å². The Hall–Kier alpha value is -2.18. The van der Waals surface area contributed by atoms with Crippen molar-refractivity contribution in [3.05, 3.63) is 53.9 Å². The van der Waals surface area contributed by atoms with Gasteiger partial charge in [-0.2, -0.15) is 5.10 Å². The summed E-state index contributed by atoms with van der Waals surface area (Å²) >= 11 is 0. The van der Waals surface area contributed by atoms with E-state index in [4.69, 9.17) is 4.74 Å². The molecule has 2 aromatic rings. The van der Waals surface area contributed by atoms with Crippen molar-refractivity contribution < 1.29 is 9.53 Å². The van der Waals surface area contributed by atoms with Crippen LogP contribution in [-0.2, 0) is 22.6 Å². The van der Waals surface area contributed by atoms with Crippen LogP contribution in [0.5, 0.6) is 0 Å². The van der Waals surface area contributed by atoms with E-state index in [1.165, 1.54) is 5.56 Å². The molecule has 1 amide bonds. The molecule has 1 aromatic carbocycles. The number of rotatable bonds is 6. The van der Waals surface area contributed by atoms with Gasteiger partial charge in [-0.25, -0.2) is 0 Å². The second kappa shape index (κ2) is 8.27. The van der Waals surface area contributed by atoms with Crippen LogP contribution in [0.25, 0.3) is 0 Å². The van der Waals surface area contributed by atoms with Crippen molar-refractivity contribution in [2.24, 2.45) is 0 Å². The van der Waals surface area contributed by atoms with Crippen LogP contribution in [0.3, 0.4) is 0 Å². The predicted octanol–water partition coefficient (Wildman–Crippen LogP) is 1.98. The van der Waals surface area contributed by atoms with Gasteiger partial charge in [-0.3, -0.25) is 14.4 Å². The molecule has 1 aliphatic rings. The molecule has 2 heterocycles. The summed E-state index contributed by atoms with van der Waals surface area (Å²) in [6, 6.07) is 12.6. The SMILES string of the molecule is CC(C)n1ccc(CNC(=O)[C@@H]2CN(Cc3ccccc3)CCO2)n1. The highest BCUT2D eigenvalue weighted by molar-refractivity contribution is 5.81. The van der Waals surface area contributed by atoms with E-state index in [2.05, 4.69) is 41.3 Å². The predicted molar refractivity (Wildman–Crippen MR) is 95.9 cm³/mol. The van der Waals surface area contributed by atoms with Crippen LogP contribution in [0.1, 0.15) is 31.1 Å². The first-order chi connectivity index (χ1) is 12.1. The normalized spacial score (nSPS) is 18.4. The number of hydrogen-bond acceptors (Lipinski definition) is 4. The molecule has 1 fully saturated rings. The van der Waals surface area contributed by atoms with E-state index in [0.29, 0.717) is 25.7 Å². The molecule has 1 atom stereocenters. The minimum atomic E-state index is -0.426. The molecule has 0 unspecified atom stereocenters. The largest absolute Gasteiger partial charge is 0.366 e. The number of morpholine rings is 1. The zero-order chi connectivity index (χ0) is 17.6. The van der Waals surface area contributed by atoms with Crippen molar-refractivity contribution >= 4 is 5.91 Å². The number of nitrogens with zero attached hydrogens (tertiary/aromatic N) is 3. The summed E-state index contributed by atoms with van der Waals surface area (Å²) in [4.78, 5) is 14.7. The lowest BCUT2D eigenvalue weighted by Crippen LogP contribution is -2.49. The van der Waals surface area contributed by atoms with Gasteiger partial charge in [-0.05, 0) is 25.5 Å². The monoisotopic (exact) mass is 342 g/mol. The molecule has 0 bridgehead atoms. The molecule has 1 aliphatic heterocycles. The number of nitrogens with one attached hydrogen (secondary N) is 1. The molecule has 0 aliphatic carbocycles. The first kappa shape index (κ1) is 17.6.